The van der Waals surface area contributed by atoms with Gasteiger partial charge in [-0.3, -0.25) is 4.79 Å². The lowest BCUT2D eigenvalue weighted by Gasteiger charge is -2.36. The van der Waals surface area contributed by atoms with E-state index in [1.807, 2.05) is 0 Å². The maximum atomic E-state index is 11.3. The number of aryl methyl sites for hydroxylation is 1. The number of esters is 1. The number of hydrogen-bond donors (Lipinski definition) is 1. The van der Waals surface area contributed by atoms with E-state index in [-0.39, 0.29) is 12.0 Å². The number of carbonyl (C=O) groups is 1. The minimum atomic E-state index is -0.149. The second-order valence-corrected chi connectivity index (χ2v) is 6.14. The molecule has 2 N–H and O–H groups in total. The monoisotopic (exact) mass is 290 g/mol. The Morgan fingerprint density at radius 1 is 1.33 bits per heavy atom. The fourth-order valence-corrected chi connectivity index (χ4v) is 3.09. The van der Waals surface area contributed by atoms with Crippen LogP contribution in [0.5, 0.6) is 0 Å². The maximum absolute atomic E-state index is 11.3. The van der Waals surface area contributed by atoms with Crippen molar-refractivity contribution in [1.82, 2.24) is 4.90 Å². The summed E-state index contributed by atoms with van der Waals surface area (Å²) in [6, 6.07) is 8.93. The van der Waals surface area contributed by atoms with Crippen molar-refractivity contribution >= 4 is 5.97 Å². The van der Waals surface area contributed by atoms with Crippen LogP contribution in [-0.2, 0) is 16.0 Å². The highest BCUT2D eigenvalue weighted by molar-refractivity contribution is 5.69. The predicted octanol–water partition coefficient (Wildman–Crippen LogP) is 1.75. The summed E-state index contributed by atoms with van der Waals surface area (Å²) >= 11 is 0. The van der Waals surface area contributed by atoms with E-state index in [0.29, 0.717) is 12.3 Å². The van der Waals surface area contributed by atoms with Crippen molar-refractivity contribution in [3.05, 3.63) is 35.4 Å². The lowest BCUT2D eigenvalue weighted by atomic mass is 9.89. The Labute approximate surface area is 127 Å². The van der Waals surface area contributed by atoms with Crippen molar-refractivity contribution in [3.63, 3.8) is 0 Å². The summed E-state index contributed by atoms with van der Waals surface area (Å²) in [5, 5.41) is 0. The smallest absolute Gasteiger partial charge is 0.306 e. The molecule has 0 amide bonds. The van der Waals surface area contributed by atoms with Crippen LogP contribution in [-0.4, -0.2) is 43.7 Å². The first-order valence-electron chi connectivity index (χ1n) is 7.67. The number of nitrogens with two attached hydrogens (primary N) is 1. The molecule has 116 valence electrons. The van der Waals surface area contributed by atoms with Crippen LogP contribution >= 0.6 is 0 Å². The van der Waals surface area contributed by atoms with E-state index in [2.05, 4.69) is 36.1 Å². The molecule has 21 heavy (non-hydrogen) atoms. The summed E-state index contributed by atoms with van der Waals surface area (Å²) in [5.74, 6) is 0.415. The van der Waals surface area contributed by atoms with Gasteiger partial charge < -0.3 is 15.4 Å². The van der Waals surface area contributed by atoms with Gasteiger partial charge in [-0.1, -0.05) is 29.8 Å². The number of rotatable bonds is 5. The molecule has 1 aromatic rings. The first-order chi connectivity index (χ1) is 10.1. The van der Waals surface area contributed by atoms with E-state index < -0.39 is 0 Å². The molecule has 0 bridgehead atoms. The van der Waals surface area contributed by atoms with Gasteiger partial charge >= 0.3 is 5.97 Å². The van der Waals surface area contributed by atoms with E-state index >= 15 is 0 Å². The number of benzene rings is 1. The molecule has 0 aliphatic carbocycles. The summed E-state index contributed by atoms with van der Waals surface area (Å²) in [7, 11) is 1.43. The van der Waals surface area contributed by atoms with Crippen molar-refractivity contribution in [2.45, 2.75) is 32.2 Å². The van der Waals surface area contributed by atoms with E-state index in [0.717, 1.165) is 32.5 Å². The first-order valence-corrected chi connectivity index (χ1v) is 7.67. The predicted molar refractivity (Wildman–Crippen MR) is 84.0 cm³/mol. The van der Waals surface area contributed by atoms with Gasteiger partial charge in [0, 0.05) is 25.7 Å². The third kappa shape index (κ3) is 5.14. The van der Waals surface area contributed by atoms with Gasteiger partial charge in [-0.15, -0.1) is 0 Å². The minimum Gasteiger partial charge on any atom is -0.469 e. The van der Waals surface area contributed by atoms with E-state index in [1.54, 1.807) is 0 Å². The molecule has 0 radical (unpaired) electrons. The zero-order chi connectivity index (χ0) is 15.2. The van der Waals surface area contributed by atoms with Crippen molar-refractivity contribution in [2.24, 2.45) is 11.7 Å². The summed E-state index contributed by atoms with van der Waals surface area (Å²) in [6.45, 7) is 4.74. The van der Waals surface area contributed by atoms with Gasteiger partial charge in [-0.25, -0.2) is 0 Å². The van der Waals surface area contributed by atoms with E-state index in [4.69, 9.17) is 10.5 Å². The van der Waals surface area contributed by atoms with Crippen molar-refractivity contribution in [3.8, 4) is 0 Å². The van der Waals surface area contributed by atoms with Gasteiger partial charge in [-0.05, 0) is 31.2 Å². The van der Waals surface area contributed by atoms with Crippen molar-refractivity contribution in [2.75, 3.05) is 26.7 Å². The summed E-state index contributed by atoms with van der Waals surface area (Å²) in [4.78, 5) is 13.6. The zero-order valence-electron chi connectivity index (χ0n) is 13.0. The molecule has 0 spiro atoms. The van der Waals surface area contributed by atoms with Gasteiger partial charge in [0.25, 0.3) is 0 Å². The zero-order valence-corrected chi connectivity index (χ0v) is 13.0. The Hall–Kier alpha value is -1.39. The van der Waals surface area contributed by atoms with Crippen LogP contribution in [0, 0.1) is 12.8 Å². The van der Waals surface area contributed by atoms with Crippen LogP contribution in [0.25, 0.3) is 0 Å². The van der Waals surface area contributed by atoms with E-state index in [1.165, 1.54) is 18.2 Å². The molecule has 0 aromatic heterocycles. The van der Waals surface area contributed by atoms with Crippen LogP contribution in [0.1, 0.15) is 24.0 Å². The summed E-state index contributed by atoms with van der Waals surface area (Å²) in [5.41, 5.74) is 8.83. The molecule has 1 aromatic carbocycles. The highest BCUT2D eigenvalue weighted by Gasteiger charge is 2.25. The molecule has 1 aliphatic heterocycles. The van der Waals surface area contributed by atoms with Gasteiger partial charge in [0.05, 0.1) is 13.5 Å². The van der Waals surface area contributed by atoms with Crippen LogP contribution < -0.4 is 5.73 Å². The first kappa shape index (κ1) is 16.0. The second-order valence-electron chi connectivity index (χ2n) is 6.14. The van der Waals surface area contributed by atoms with Gasteiger partial charge in [0.1, 0.15) is 0 Å². The number of ether oxygens (including phenoxy) is 1. The molecule has 1 saturated heterocycles. The molecule has 2 atom stereocenters. The third-order valence-electron chi connectivity index (χ3n) is 4.15. The topological polar surface area (TPSA) is 55.6 Å². The molecule has 0 saturated carbocycles. The van der Waals surface area contributed by atoms with Gasteiger partial charge in [0.15, 0.2) is 0 Å². The van der Waals surface area contributed by atoms with Gasteiger partial charge in [-0.2, -0.15) is 0 Å². The second kappa shape index (κ2) is 7.57. The number of methoxy groups -OCH3 is 1. The number of likely N-dealkylation sites (tertiary alicyclic amines) is 1. The Balaban J connectivity index is 1.88. The average Bonchev–Trinajstić information content (AvgIpc) is 2.46. The van der Waals surface area contributed by atoms with Crippen LogP contribution in [0.15, 0.2) is 24.3 Å². The summed E-state index contributed by atoms with van der Waals surface area (Å²) in [6.07, 6.45) is 2.56. The van der Waals surface area contributed by atoms with Crippen LogP contribution in [0.3, 0.4) is 0 Å². The Bertz CT molecular complexity index is 458. The molecular formula is C17H26N2O2. The highest BCUT2D eigenvalue weighted by Crippen LogP contribution is 2.21. The van der Waals surface area contributed by atoms with Crippen LogP contribution in [0.2, 0.25) is 0 Å². The van der Waals surface area contributed by atoms with Crippen molar-refractivity contribution in [1.29, 1.82) is 0 Å². The van der Waals surface area contributed by atoms with Crippen molar-refractivity contribution < 1.29 is 9.53 Å². The Morgan fingerprint density at radius 2 is 2.05 bits per heavy atom. The molecule has 1 fully saturated rings. The minimum absolute atomic E-state index is 0.149. The average molecular weight is 290 g/mol. The fraction of sp³-hybridized carbons (Fsp3) is 0.588. The largest absolute Gasteiger partial charge is 0.469 e. The fourth-order valence-electron chi connectivity index (χ4n) is 3.09. The lowest BCUT2D eigenvalue weighted by molar-refractivity contribution is -0.141. The quantitative estimate of drug-likeness (QED) is 0.839. The molecule has 4 heteroatoms. The molecule has 4 nitrogen and oxygen atoms in total. The van der Waals surface area contributed by atoms with Crippen LogP contribution in [0.4, 0.5) is 0 Å². The molecule has 2 unspecified atom stereocenters. The normalized spacial score (nSPS) is 23.0. The maximum Gasteiger partial charge on any atom is 0.306 e. The number of nitrogens with zero attached hydrogens (tertiary/aromatic N) is 1. The third-order valence-corrected chi connectivity index (χ3v) is 4.15. The lowest BCUT2D eigenvalue weighted by Crippen LogP contribution is -2.48. The molecular weight excluding hydrogens is 264 g/mol. The Kier molecular flexibility index (Phi) is 5.76. The number of hydrogen-bond acceptors (Lipinski definition) is 4. The number of carbonyl (C=O) groups excluding carboxylic acids is 1. The number of piperidine rings is 1. The Morgan fingerprint density at radius 3 is 2.71 bits per heavy atom. The molecule has 2 rings (SSSR count). The summed E-state index contributed by atoms with van der Waals surface area (Å²) < 4.78 is 4.70. The van der Waals surface area contributed by atoms with E-state index in [9.17, 15) is 4.79 Å². The SMILES string of the molecule is COC(=O)CCN1CC(N)CC(Cc2ccc(C)cc2)C1. The molecule has 1 aliphatic rings. The highest BCUT2D eigenvalue weighted by atomic mass is 16.5. The van der Waals surface area contributed by atoms with Gasteiger partial charge in [0.2, 0.25) is 0 Å². The standard InChI is InChI=1S/C17H26N2O2/c1-13-3-5-14(6-4-13)9-15-10-16(18)12-19(11-15)8-7-17(20)21-2/h3-6,15-16H,7-12,18H2,1-2H3. The molecule has 1 heterocycles.